The first-order chi connectivity index (χ1) is 20.2. The number of anilines is 3. The maximum atomic E-state index is 10.5. The molecule has 42 heavy (non-hydrogen) atoms. The van der Waals surface area contributed by atoms with Gasteiger partial charge in [0.15, 0.2) is 0 Å². The number of methoxy groups -OCH3 is 2. The normalized spacial score (nSPS) is 10.0. The number of nitro groups is 2. The maximum absolute atomic E-state index is 10.5. The molecule has 0 bridgehead atoms. The summed E-state index contributed by atoms with van der Waals surface area (Å²) in [5.74, 6) is 1.71. The zero-order valence-corrected chi connectivity index (χ0v) is 25.1. The third-order valence-corrected chi connectivity index (χ3v) is 5.63. The molecule has 0 aliphatic carbocycles. The Bertz CT molecular complexity index is 1170. The zero-order chi connectivity index (χ0) is 31.3. The second-order valence-electron chi connectivity index (χ2n) is 8.64. The lowest BCUT2D eigenvalue weighted by atomic mass is 10.3. The minimum absolute atomic E-state index is 0.0111. The minimum Gasteiger partial charge on any atom is -0.397 e. The Morgan fingerprint density at radius 3 is 1.52 bits per heavy atom. The summed E-state index contributed by atoms with van der Waals surface area (Å²) < 4.78 is 10.1. The fourth-order valence-corrected chi connectivity index (χ4v) is 3.47. The van der Waals surface area contributed by atoms with E-state index in [9.17, 15) is 20.2 Å². The van der Waals surface area contributed by atoms with Crippen molar-refractivity contribution in [3.05, 3.63) is 80.4 Å². The predicted octanol–water partition coefficient (Wildman–Crippen LogP) is 5.02. The molecule has 0 unspecified atom stereocenters. The number of nitrogens with two attached hydrogens (primary N) is 1. The van der Waals surface area contributed by atoms with E-state index in [-0.39, 0.29) is 16.5 Å². The Balaban J connectivity index is 0.000000325. The average molecular weight is 607 g/mol. The van der Waals surface area contributed by atoms with E-state index in [1.165, 1.54) is 24.4 Å². The van der Waals surface area contributed by atoms with E-state index in [4.69, 9.17) is 26.8 Å². The van der Waals surface area contributed by atoms with Crippen molar-refractivity contribution in [3.63, 3.8) is 0 Å². The first-order valence-electron chi connectivity index (χ1n) is 13.2. The van der Waals surface area contributed by atoms with Crippen LogP contribution in [0.2, 0.25) is 5.15 Å². The third-order valence-electron chi connectivity index (χ3n) is 5.40. The van der Waals surface area contributed by atoms with Crippen LogP contribution in [-0.4, -0.2) is 78.4 Å². The van der Waals surface area contributed by atoms with Crippen LogP contribution in [0, 0.1) is 20.2 Å². The highest BCUT2D eigenvalue weighted by molar-refractivity contribution is 6.29. The summed E-state index contributed by atoms with van der Waals surface area (Å²) in [4.78, 5) is 35.7. The summed E-state index contributed by atoms with van der Waals surface area (Å²) in [5.41, 5.74) is 6.25. The van der Waals surface area contributed by atoms with Crippen LogP contribution >= 0.6 is 11.6 Å². The lowest BCUT2D eigenvalue weighted by Crippen LogP contribution is -2.28. The summed E-state index contributed by atoms with van der Waals surface area (Å²) in [6, 6.07) is 9.63. The van der Waals surface area contributed by atoms with Crippen molar-refractivity contribution in [1.29, 1.82) is 0 Å². The van der Waals surface area contributed by atoms with E-state index in [0.717, 1.165) is 56.9 Å². The van der Waals surface area contributed by atoms with Gasteiger partial charge in [-0.05, 0) is 37.1 Å². The molecular weight excluding hydrogens is 568 g/mol. The second-order valence-corrected chi connectivity index (χ2v) is 9.02. The largest absolute Gasteiger partial charge is 0.397 e. The van der Waals surface area contributed by atoms with Crippen molar-refractivity contribution >= 4 is 40.3 Å². The van der Waals surface area contributed by atoms with Crippen molar-refractivity contribution in [3.8, 4) is 0 Å². The Morgan fingerprint density at radius 1 is 0.738 bits per heavy atom. The standard InChI is InChI=1S/C11H17N3O3.C11H19N3O.C5H3ClN2O2/c1-3-6-13(7-8-17-2)11-5-4-10(9-12-11)14(15)16;1-3-6-14(7-8-15-2)11-5-4-10(12)9-13-11;6-5-2-1-4(3-7-5)8(9)10/h4-5,9H,3,6-8H2,1-2H3;4-5,9H,3,6-8,12H2,1-2H3;1-3H. The van der Waals surface area contributed by atoms with Gasteiger partial charge in [0, 0.05) is 52.5 Å². The summed E-state index contributed by atoms with van der Waals surface area (Å²) in [7, 11) is 3.36. The Hall–Kier alpha value is -4.14. The van der Waals surface area contributed by atoms with Crippen molar-refractivity contribution in [2.45, 2.75) is 26.7 Å². The number of ether oxygens (including phenoxy) is 2. The van der Waals surface area contributed by atoms with Gasteiger partial charge in [0.2, 0.25) is 0 Å². The van der Waals surface area contributed by atoms with E-state index >= 15 is 0 Å². The summed E-state index contributed by atoms with van der Waals surface area (Å²) in [5, 5.41) is 20.8. The van der Waals surface area contributed by atoms with Gasteiger partial charge in [-0.3, -0.25) is 20.2 Å². The number of nitrogens with zero attached hydrogens (tertiary/aromatic N) is 7. The highest BCUT2D eigenvalue weighted by atomic mass is 35.5. The van der Waals surface area contributed by atoms with Gasteiger partial charge in [0.25, 0.3) is 11.4 Å². The highest BCUT2D eigenvalue weighted by Gasteiger charge is 2.10. The SMILES string of the molecule is CCCN(CCOC)c1ccc(N)cn1.CCCN(CCOC)c1ccc([N+](=O)[O-])cn1.O=[N+]([O-])c1ccc(Cl)nc1. The molecule has 3 rings (SSSR count). The lowest BCUT2D eigenvalue weighted by Gasteiger charge is -2.22. The van der Waals surface area contributed by atoms with E-state index in [1.807, 2.05) is 17.0 Å². The first kappa shape index (κ1) is 35.9. The van der Waals surface area contributed by atoms with Gasteiger partial charge in [-0.1, -0.05) is 25.4 Å². The molecule has 0 aromatic carbocycles. The lowest BCUT2D eigenvalue weighted by molar-refractivity contribution is -0.385. The van der Waals surface area contributed by atoms with Crippen LogP contribution in [0.1, 0.15) is 26.7 Å². The number of hydrogen-bond donors (Lipinski definition) is 1. The average Bonchev–Trinajstić information content (AvgIpc) is 2.99. The van der Waals surface area contributed by atoms with E-state index in [0.29, 0.717) is 18.9 Å². The number of rotatable bonds is 14. The summed E-state index contributed by atoms with van der Waals surface area (Å²) in [6.45, 7) is 8.98. The molecule has 0 radical (unpaired) electrons. The quantitative estimate of drug-likeness (QED) is 0.147. The summed E-state index contributed by atoms with van der Waals surface area (Å²) >= 11 is 5.38. The van der Waals surface area contributed by atoms with Gasteiger partial charge >= 0.3 is 0 Å². The van der Waals surface area contributed by atoms with Crippen LogP contribution in [0.4, 0.5) is 28.7 Å². The molecule has 0 atom stereocenters. The minimum atomic E-state index is -0.524. The molecule has 3 aromatic rings. The van der Waals surface area contributed by atoms with E-state index in [1.54, 1.807) is 26.5 Å². The van der Waals surface area contributed by atoms with Gasteiger partial charge in [0.1, 0.15) is 29.2 Å². The van der Waals surface area contributed by atoms with Gasteiger partial charge in [-0.2, -0.15) is 0 Å². The Morgan fingerprint density at radius 2 is 1.19 bits per heavy atom. The Kier molecular flexibility index (Phi) is 17.7. The molecule has 2 N–H and O–H groups in total. The van der Waals surface area contributed by atoms with Crippen molar-refractivity contribution in [2.24, 2.45) is 0 Å². The van der Waals surface area contributed by atoms with Crippen LogP contribution in [0.15, 0.2) is 55.0 Å². The third kappa shape index (κ3) is 14.0. The van der Waals surface area contributed by atoms with Gasteiger partial charge in [-0.15, -0.1) is 0 Å². The molecular formula is C27H39ClN8O6. The number of aromatic nitrogens is 3. The number of pyridine rings is 3. The Labute approximate surface area is 250 Å². The van der Waals surface area contributed by atoms with Gasteiger partial charge < -0.3 is 25.0 Å². The first-order valence-corrected chi connectivity index (χ1v) is 13.6. The van der Waals surface area contributed by atoms with Crippen LogP contribution in [-0.2, 0) is 9.47 Å². The van der Waals surface area contributed by atoms with Gasteiger partial charge in [0.05, 0.1) is 34.9 Å². The van der Waals surface area contributed by atoms with Crippen LogP contribution in [0.5, 0.6) is 0 Å². The van der Waals surface area contributed by atoms with Crippen molar-refractivity contribution in [1.82, 2.24) is 15.0 Å². The molecule has 15 heteroatoms. The number of halogens is 1. The molecule has 0 fully saturated rings. The zero-order valence-electron chi connectivity index (χ0n) is 24.4. The van der Waals surface area contributed by atoms with Crippen molar-refractivity contribution < 1.29 is 19.3 Å². The maximum Gasteiger partial charge on any atom is 0.287 e. The fourth-order valence-electron chi connectivity index (χ4n) is 3.36. The molecule has 0 saturated carbocycles. The van der Waals surface area contributed by atoms with Gasteiger partial charge in [-0.25, -0.2) is 15.0 Å². The molecule has 230 valence electrons. The van der Waals surface area contributed by atoms with Crippen molar-refractivity contribution in [2.75, 3.05) is 69.1 Å². The molecule has 0 saturated heterocycles. The predicted molar refractivity (Wildman–Crippen MR) is 164 cm³/mol. The topological polar surface area (TPSA) is 176 Å². The number of nitrogen functional groups attached to an aromatic ring is 1. The molecule has 0 spiro atoms. The van der Waals surface area contributed by atoms with Crippen LogP contribution in [0.25, 0.3) is 0 Å². The second kappa shape index (κ2) is 20.7. The molecule has 0 aliphatic rings. The molecule has 0 aliphatic heterocycles. The van der Waals surface area contributed by atoms with E-state index in [2.05, 4.69) is 33.7 Å². The smallest absolute Gasteiger partial charge is 0.287 e. The molecule has 3 aromatic heterocycles. The molecule has 14 nitrogen and oxygen atoms in total. The molecule has 3 heterocycles. The van der Waals surface area contributed by atoms with Crippen LogP contribution < -0.4 is 15.5 Å². The monoisotopic (exact) mass is 606 g/mol. The highest BCUT2D eigenvalue weighted by Crippen LogP contribution is 2.16. The molecule has 0 amide bonds. The number of hydrogen-bond acceptors (Lipinski definition) is 12. The fraction of sp³-hybridized carbons (Fsp3) is 0.444. The van der Waals surface area contributed by atoms with E-state index < -0.39 is 9.85 Å². The summed E-state index contributed by atoms with van der Waals surface area (Å²) in [6.07, 6.45) is 6.16. The van der Waals surface area contributed by atoms with Crippen LogP contribution in [0.3, 0.4) is 0 Å².